The lowest BCUT2D eigenvalue weighted by Crippen LogP contribution is -2.23. The van der Waals surface area contributed by atoms with Gasteiger partial charge in [-0.05, 0) is 18.2 Å². The number of aromatic nitrogens is 2. The van der Waals surface area contributed by atoms with Gasteiger partial charge >= 0.3 is 6.09 Å². The molecule has 0 radical (unpaired) electrons. The average Bonchev–Trinajstić information content (AvgIpc) is 2.39. The minimum atomic E-state index is -1.21. The second-order valence-electron chi connectivity index (χ2n) is 3.20. The minimum absolute atomic E-state index is 0.301. The number of nitrogens with two attached hydrogens (primary N) is 1. The lowest BCUT2D eigenvalue weighted by molar-refractivity contribution is 0.190. The van der Waals surface area contributed by atoms with Crippen molar-refractivity contribution in [2.75, 3.05) is 5.73 Å². The minimum Gasteiger partial charge on any atom is -0.463 e. The van der Waals surface area contributed by atoms with Gasteiger partial charge in [-0.15, -0.1) is 0 Å². The summed E-state index contributed by atoms with van der Waals surface area (Å²) in [4.78, 5) is 22.5. The molecule has 3 N–H and O–H groups in total. The van der Waals surface area contributed by atoms with Gasteiger partial charge in [0.2, 0.25) is 0 Å². The monoisotopic (exact) mass is 207 g/mol. The fourth-order valence-electron chi connectivity index (χ4n) is 1.56. The van der Waals surface area contributed by atoms with Crippen molar-refractivity contribution >= 4 is 22.7 Å². The molecule has 15 heavy (non-hydrogen) atoms. The SMILES string of the molecule is Cn1c(=O)c2ccc(N)cc2n1C(=O)O. The molecule has 6 heteroatoms. The first-order valence-corrected chi connectivity index (χ1v) is 4.23. The summed E-state index contributed by atoms with van der Waals surface area (Å²) >= 11 is 0. The summed E-state index contributed by atoms with van der Waals surface area (Å²) in [6.07, 6.45) is -1.21. The van der Waals surface area contributed by atoms with Gasteiger partial charge in [0.05, 0.1) is 10.9 Å². The average molecular weight is 207 g/mol. The van der Waals surface area contributed by atoms with E-state index < -0.39 is 6.09 Å². The van der Waals surface area contributed by atoms with Gasteiger partial charge in [0.25, 0.3) is 5.56 Å². The van der Waals surface area contributed by atoms with Crippen LogP contribution in [0, 0.1) is 0 Å². The molecule has 1 aromatic carbocycles. The van der Waals surface area contributed by atoms with Crippen LogP contribution in [-0.2, 0) is 7.05 Å². The summed E-state index contributed by atoms with van der Waals surface area (Å²) in [5.41, 5.74) is 5.90. The van der Waals surface area contributed by atoms with Gasteiger partial charge in [-0.25, -0.2) is 9.48 Å². The highest BCUT2D eigenvalue weighted by molar-refractivity contribution is 5.88. The number of fused-ring (bicyclic) bond motifs is 1. The van der Waals surface area contributed by atoms with Crippen LogP contribution in [0.25, 0.3) is 10.9 Å². The third-order valence-electron chi connectivity index (χ3n) is 2.26. The van der Waals surface area contributed by atoms with E-state index in [4.69, 9.17) is 10.8 Å². The van der Waals surface area contributed by atoms with Crippen LogP contribution in [0.1, 0.15) is 0 Å². The Morgan fingerprint density at radius 3 is 2.73 bits per heavy atom. The van der Waals surface area contributed by atoms with Gasteiger partial charge in [0.15, 0.2) is 0 Å². The predicted molar refractivity (Wildman–Crippen MR) is 55.0 cm³/mol. The van der Waals surface area contributed by atoms with Crippen LogP contribution >= 0.6 is 0 Å². The fraction of sp³-hybridized carbons (Fsp3) is 0.111. The van der Waals surface area contributed by atoms with Crippen LogP contribution in [0.4, 0.5) is 10.5 Å². The molecule has 0 spiro atoms. The molecule has 78 valence electrons. The van der Waals surface area contributed by atoms with Crippen molar-refractivity contribution in [3.63, 3.8) is 0 Å². The maximum absolute atomic E-state index is 11.6. The van der Waals surface area contributed by atoms with E-state index in [2.05, 4.69) is 0 Å². The number of hydrogen-bond donors (Lipinski definition) is 2. The topological polar surface area (TPSA) is 90.2 Å². The normalized spacial score (nSPS) is 10.7. The number of carbonyl (C=O) groups is 1. The summed E-state index contributed by atoms with van der Waals surface area (Å²) < 4.78 is 1.90. The van der Waals surface area contributed by atoms with E-state index in [1.807, 2.05) is 0 Å². The smallest absolute Gasteiger partial charge is 0.431 e. The quantitative estimate of drug-likeness (QED) is 0.613. The lowest BCUT2D eigenvalue weighted by Gasteiger charge is -2.01. The van der Waals surface area contributed by atoms with Gasteiger partial charge in [0.1, 0.15) is 0 Å². The van der Waals surface area contributed by atoms with E-state index in [9.17, 15) is 9.59 Å². The van der Waals surface area contributed by atoms with E-state index in [1.165, 1.54) is 19.2 Å². The highest BCUT2D eigenvalue weighted by Crippen LogP contribution is 2.14. The molecule has 0 aliphatic carbocycles. The van der Waals surface area contributed by atoms with E-state index in [1.54, 1.807) is 6.07 Å². The molecule has 0 bridgehead atoms. The Morgan fingerprint density at radius 2 is 2.13 bits per heavy atom. The molecule has 0 unspecified atom stereocenters. The number of nitrogens with zero attached hydrogens (tertiary/aromatic N) is 2. The van der Waals surface area contributed by atoms with Gasteiger partial charge < -0.3 is 10.8 Å². The molecule has 6 nitrogen and oxygen atoms in total. The maximum Gasteiger partial charge on any atom is 0.431 e. The second-order valence-corrected chi connectivity index (χ2v) is 3.20. The molecule has 2 aromatic rings. The van der Waals surface area contributed by atoms with E-state index in [-0.39, 0.29) is 5.56 Å². The molecule has 0 aliphatic heterocycles. The molecule has 0 saturated heterocycles. The Hall–Kier alpha value is -2.24. The van der Waals surface area contributed by atoms with Crippen LogP contribution in [0.5, 0.6) is 0 Å². The first-order valence-electron chi connectivity index (χ1n) is 4.23. The van der Waals surface area contributed by atoms with Gasteiger partial charge in [-0.1, -0.05) is 0 Å². The van der Waals surface area contributed by atoms with E-state index in [0.29, 0.717) is 16.6 Å². The van der Waals surface area contributed by atoms with Crippen LogP contribution in [0.15, 0.2) is 23.0 Å². The molecule has 0 fully saturated rings. The highest BCUT2D eigenvalue weighted by atomic mass is 16.4. The van der Waals surface area contributed by atoms with Crippen molar-refractivity contribution in [1.29, 1.82) is 0 Å². The van der Waals surface area contributed by atoms with Crippen molar-refractivity contribution < 1.29 is 9.90 Å². The largest absolute Gasteiger partial charge is 0.463 e. The van der Waals surface area contributed by atoms with Crippen molar-refractivity contribution in [2.45, 2.75) is 0 Å². The Morgan fingerprint density at radius 1 is 1.47 bits per heavy atom. The standard InChI is InChI=1S/C9H9N3O3/c1-11-8(13)6-3-2-5(10)4-7(6)12(11)9(14)15/h2-4H,10H2,1H3,(H,14,15). The molecular weight excluding hydrogens is 198 g/mol. The summed E-state index contributed by atoms with van der Waals surface area (Å²) in [5.74, 6) is 0. The van der Waals surface area contributed by atoms with Gasteiger partial charge in [0, 0.05) is 12.7 Å². The van der Waals surface area contributed by atoms with Gasteiger partial charge in [-0.3, -0.25) is 4.79 Å². The predicted octanol–water partition coefficient (Wildman–Crippen LogP) is 0.448. The van der Waals surface area contributed by atoms with Crippen LogP contribution in [0.2, 0.25) is 0 Å². The summed E-state index contributed by atoms with van der Waals surface area (Å²) in [6, 6.07) is 4.55. The maximum atomic E-state index is 11.6. The van der Waals surface area contributed by atoms with Crippen LogP contribution in [0.3, 0.4) is 0 Å². The Balaban J connectivity index is 3.02. The van der Waals surface area contributed by atoms with Gasteiger partial charge in [-0.2, -0.15) is 4.68 Å². The number of carboxylic acid groups (broad SMARTS) is 1. The molecule has 0 atom stereocenters. The number of anilines is 1. The molecule has 1 aromatic heterocycles. The second kappa shape index (κ2) is 2.88. The first-order chi connectivity index (χ1) is 7.02. The van der Waals surface area contributed by atoms with Crippen molar-refractivity contribution in [3.05, 3.63) is 28.6 Å². The third kappa shape index (κ3) is 1.18. The summed E-state index contributed by atoms with van der Waals surface area (Å²) in [7, 11) is 1.40. The summed E-state index contributed by atoms with van der Waals surface area (Å²) in [6.45, 7) is 0. The third-order valence-corrected chi connectivity index (χ3v) is 2.26. The molecule has 0 aliphatic rings. The number of nitrogen functional groups attached to an aromatic ring is 1. The lowest BCUT2D eigenvalue weighted by atomic mass is 10.2. The van der Waals surface area contributed by atoms with Crippen molar-refractivity contribution in [2.24, 2.45) is 7.05 Å². The molecule has 0 amide bonds. The Kier molecular flexibility index (Phi) is 1.79. The number of rotatable bonds is 0. The van der Waals surface area contributed by atoms with Crippen LogP contribution in [-0.4, -0.2) is 20.6 Å². The molecule has 1 heterocycles. The molecule has 2 rings (SSSR count). The molecule has 0 saturated carbocycles. The zero-order valence-corrected chi connectivity index (χ0v) is 7.97. The first kappa shape index (κ1) is 9.32. The highest BCUT2D eigenvalue weighted by Gasteiger charge is 2.14. The Bertz CT molecular complexity index is 609. The van der Waals surface area contributed by atoms with Crippen molar-refractivity contribution in [3.8, 4) is 0 Å². The Labute approximate surface area is 84.1 Å². The fourth-order valence-corrected chi connectivity index (χ4v) is 1.56. The number of benzene rings is 1. The summed E-state index contributed by atoms with van der Waals surface area (Å²) in [5, 5.41) is 9.27. The molecular formula is C9H9N3O3. The van der Waals surface area contributed by atoms with E-state index >= 15 is 0 Å². The van der Waals surface area contributed by atoms with E-state index in [0.717, 1.165) is 9.36 Å². The number of hydrogen-bond acceptors (Lipinski definition) is 3. The zero-order chi connectivity index (χ0) is 11.2. The van der Waals surface area contributed by atoms with Crippen LogP contribution < -0.4 is 11.3 Å². The zero-order valence-electron chi connectivity index (χ0n) is 7.97. The van der Waals surface area contributed by atoms with Crippen molar-refractivity contribution in [1.82, 2.24) is 9.36 Å².